The summed E-state index contributed by atoms with van der Waals surface area (Å²) in [5, 5.41) is 5.32. The summed E-state index contributed by atoms with van der Waals surface area (Å²) in [6.07, 6.45) is -0.845. The SMILES string of the molecule is C[C@H](OC(=O)CNC(=O)Cc1ccccc1)C(=O)Nc1ccccc1-c1ccccc1. The van der Waals surface area contributed by atoms with Crippen LogP contribution in [-0.4, -0.2) is 30.4 Å². The largest absolute Gasteiger partial charge is 0.451 e. The van der Waals surface area contributed by atoms with Gasteiger partial charge in [-0.25, -0.2) is 0 Å². The molecule has 0 radical (unpaired) electrons. The molecule has 0 saturated carbocycles. The maximum Gasteiger partial charge on any atom is 0.326 e. The Hall–Kier alpha value is -3.93. The molecule has 0 bridgehead atoms. The standard InChI is InChI=1S/C25H24N2O4/c1-18(31-24(29)17-26-23(28)16-19-10-4-2-5-11-19)25(30)27-22-15-9-8-14-21(22)20-12-6-3-7-13-20/h2-15,18H,16-17H2,1H3,(H,26,28)(H,27,30)/t18-/m0/s1. The van der Waals surface area contributed by atoms with E-state index in [9.17, 15) is 14.4 Å². The van der Waals surface area contributed by atoms with Crippen molar-refractivity contribution in [2.24, 2.45) is 0 Å². The lowest BCUT2D eigenvalue weighted by atomic mass is 10.0. The smallest absolute Gasteiger partial charge is 0.326 e. The maximum absolute atomic E-state index is 12.5. The molecule has 0 spiro atoms. The Balaban J connectivity index is 1.51. The number of amides is 2. The van der Waals surface area contributed by atoms with Crippen LogP contribution >= 0.6 is 0 Å². The van der Waals surface area contributed by atoms with Gasteiger partial charge in [-0.05, 0) is 24.1 Å². The molecule has 0 saturated heterocycles. The second-order valence-corrected chi connectivity index (χ2v) is 6.97. The lowest BCUT2D eigenvalue weighted by Crippen LogP contribution is -2.36. The van der Waals surface area contributed by atoms with Crippen LogP contribution in [0.2, 0.25) is 0 Å². The highest BCUT2D eigenvalue weighted by atomic mass is 16.5. The molecule has 3 aromatic rings. The number of carbonyl (C=O) groups excluding carboxylic acids is 3. The Morgan fingerprint density at radius 1 is 0.839 bits per heavy atom. The molecule has 0 aliphatic carbocycles. The zero-order chi connectivity index (χ0) is 22.1. The quantitative estimate of drug-likeness (QED) is 0.550. The molecule has 2 N–H and O–H groups in total. The van der Waals surface area contributed by atoms with Crippen molar-refractivity contribution in [3.63, 3.8) is 0 Å². The molecule has 3 aromatic carbocycles. The molecule has 6 nitrogen and oxygen atoms in total. The number of nitrogens with one attached hydrogen (secondary N) is 2. The third kappa shape index (κ3) is 6.54. The summed E-state index contributed by atoms with van der Waals surface area (Å²) in [7, 11) is 0. The van der Waals surface area contributed by atoms with Gasteiger partial charge < -0.3 is 15.4 Å². The molecular formula is C25H24N2O4. The predicted octanol–water partition coefficient (Wildman–Crippen LogP) is 3.58. The molecule has 0 aliphatic rings. The van der Waals surface area contributed by atoms with Crippen LogP contribution in [0.4, 0.5) is 5.69 Å². The minimum absolute atomic E-state index is 0.167. The first kappa shape index (κ1) is 21.8. The van der Waals surface area contributed by atoms with Crippen LogP contribution in [0.25, 0.3) is 11.1 Å². The van der Waals surface area contributed by atoms with Crippen molar-refractivity contribution in [2.45, 2.75) is 19.4 Å². The topological polar surface area (TPSA) is 84.5 Å². The maximum atomic E-state index is 12.5. The second kappa shape index (κ2) is 10.7. The normalized spacial score (nSPS) is 11.3. The van der Waals surface area contributed by atoms with Crippen molar-refractivity contribution >= 4 is 23.5 Å². The molecule has 0 aliphatic heterocycles. The number of esters is 1. The van der Waals surface area contributed by atoms with Crippen molar-refractivity contribution in [1.82, 2.24) is 5.32 Å². The van der Waals surface area contributed by atoms with E-state index in [0.717, 1.165) is 16.7 Å². The fourth-order valence-corrected chi connectivity index (χ4v) is 3.00. The molecule has 6 heteroatoms. The number of para-hydroxylation sites is 1. The fraction of sp³-hybridized carbons (Fsp3) is 0.160. The average molecular weight is 416 g/mol. The van der Waals surface area contributed by atoms with Crippen molar-refractivity contribution in [1.29, 1.82) is 0 Å². The predicted molar refractivity (Wildman–Crippen MR) is 119 cm³/mol. The summed E-state index contributed by atoms with van der Waals surface area (Å²) < 4.78 is 5.16. The Morgan fingerprint density at radius 3 is 2.16 bits per heavy atom. The van der Waals surface area contributed by atoms with Crippen molar-refractivity contribution in [3.8, 4) is 11.1 Å². The van der Waals surface area contributed by atoms with Gasteiger partial charge in [-0.15, -0.1) is 0 Å². The third-order valence-electron chi connectivity index (χ3n) is 4.58. The third-order valence-corrected chi connectivity index (χ3v) is 4.58. The molecule has 1 atom stereocenters. The molecule has 2 amide bonds. The Labute approximate surface area is 181 Å². The van der Waals surface area contributed by atoms with Crippen LogP contribution in [0.15, 0.2) is 84.9 Å². The van der Waals surface area contributed by atoms with Gasteiger partial charge in [0.05, 0.1) is 6.42 Å². The molecule has 158 valence electrons. The lowest BCUT2D eigenvalue weighted by Gasteiger charge is -2.16. The molecule has 0 unspecified atom stereocenters. The summed E-state index contributed by atoms with van der Waals surface area (Å²) in [5.41, 5.74) is 3.29. The Morgan fingerprint density at radius 2 is 1.45 bits per heavy atom. The van der Waals surface area contributed by atoms with Crippen molar-refractivity contribution < 1.29 is 19.1 Å². The number of carbonyl (C=O) groups is 3. The minimum atomic E-state index is -1.01. The summed E-state index contributed by atoms with van der Waals surface area (Å²) in [6.45, 7) is 1.19. The van der Waals surface area contributed by atoms with E-state index in [-0.39, 0.29) is 18.9 Å². The first-order valence-electron chi connectivity index (χ1n) is 9.98. The van der Waals surface area contributed by atoms with Gasteiger partial charge in [0.1, 0.15) is 6.54 Å². The van der Waals surface area contributed by atoms with Crippen LogP contribution in [0.5, 0.6) is 0 Å². The van der Waals surface area contributed by atoms with Gasteiger partial charge in [0.25, 0.3) is 5.91 Å². The van der Waals surface area contributed by atoms with Gasteiger partial charge in [-0.3, -0.25) is 14.4 Å². The van der Waals surface area contributed by atoms with Crippen LogP contribution in [-0.2, 0) is 25.5 Å². The summed E-state index contributed by atoms with van der Waals surface area (Å²) in [5.74, 6) is -1.43. The number of rotatable bonds is 8. The highest BCUT2D eigenvalue weighted by molar-refractivity contribution is 5.98. The van der Waals surface area contributed by atoms with Crippen LogP contribution in [0, 0.1) is 0 Å². The highest BCUT2D eigenvalue weighted by Gasteiger charge is 2.19. The number of anilines is 1. The summed E-state index contributed by atoms with van der Waals surface area (Å²) in [4.78, 5) is 36.5. The van der Waals surface area contributed by atoms with Crippen LogP contribution < -0.4 is 10.6 Å². The van der Waals surface area contributed by atoms with Crippen molar-refractivity contribution in [3.05, 3.63) is 90.5 Å². The number of hydrogen-bond acceptors (Lipinski definition) is 4. The van der Waals surface area contributed by atoms with E-state index in [0.29, 0.717) is 5.69 Å². The molecule has 0 aromatic heterocycles. The first-order chi connectivity index (χ1) is 15.0. The summed E-state index contributed by atoms with van der Waals surface area (Å²) in [6, 6.07) is 26.3. The van der Waals surface area contributed by atoms with E-state index < -0.39 is 18.0 Å². The number of hydrogen-bond donors (Lipinski definition) is 2. The second-order valence-electron chi connectivity index (χ2n) is 6.97. The van der Waals surface area contributed by atoms with Gasteiger partial charge in [0, 0.05) is 11.3 Å². The average Bonchev–Trinajstić information content (AvgIpc) is 2.79. The van der Waals surface area contributed by atoms with Gasteiger partial charge >= 0.3 is 5.97 Å². The van der Waals surface area contributed by atoms with E-state index in [2.05, 4.69) is 10.6 Å². The molecule has 31 heavy (non-hydrogen) atoms. The van der Waals surface area contributed by atoms with Gasteiger partial charge in [0.15, 0.2) is 6.10 Å². The minimum Gasteiger partial charge on any atom is -0.451 e. The van der Waals surface area contributed by atoms with Gasteiger partial charge in [-0.1, -0.05) is 78.9 Å². The summed E-state index contributed by atoms with van der Waals surface area (Å²) >= 11 is 0. The zero-order valence-corrected chi connectivity index (χ0v) is 17.2. The molecule has 0 fully saturated rings. The van der Waals surface area contributed by atoms with Crippen molar-refractivity contribution in [2.75, 3.05) is 11.9 Å². The van der Waals surface area contributed by atoms with Gasteiger partial charge in [0.2, 0.25) is 5.91 Å². The lowest BCUT2D eigenvalue weighted by molar-refractivity contribution is -0.152. The number of ether oxygens (including phenoxy) is 1. The molecule has 3 rings (SSSR count). The van der Waals surface area contributed by atoms with E-state index in [1.807, 2.05) is 78.9 Å². The molecule has 0 heterocycles. The van der Waals surface area contributed by atoms with Gasteiger partial charge in [-0.2, -0.15) is 0 Å². The zero-order valence-electron chi connectivity index (χ0n) is 17.2. The van der Waals surface area contributed by atoms with Crippen LogP contribution in [0.3, 0.4) is 0 Å². The van der Waals surface area contributed by atoms with E-state index >= 15 is 0 Å². The fourth-order valence-electron chi connectivity index (χ4n) is 3.00. The highest BCUT2D eigenvalue weighted by Crippen LogP contribution is 2.27. The van der Waals surface area contributed by atoms with E-state index in [1.165, 1.54) is 6.92 Å². The Bertz CT molecular complexity index is 1040. The van der Waals surface area contributed by atoms with E-state index in [1.54, 1.807) is 6.07 Å². The number of benzene rings is 3. The van der Waals surface area contributed by atoms with Crippen LogP contribution in [0.1, 0.15) is 12.5 Å². The Kier molecular flexibility index (Phi) is 7.54. The molecular weight excluding hydrogens is 392 g/mol. The monoisotopic (exact) mass is 416 g/mol. The van der Waals surface area contributed by atoms with E-state index in [4.69, 9.17) is 4.74 Å². The first-order valence-corrected chi connectivity index (χ1v) is 9.98.